The van der Waals surface area contributed by atoms with Crippen LogP contribution < -0.4 is 0 Å². The first kappa shape index (κ1) is 30.6. The van der Waals surface area contributed by atoms with Crippen molar-refractivity contribution in [2.45, 2.75) is 115 Å². The molecule has 1 aliphatic heterocycles. The molecule has 198 valence electrons. The maximum Gasteiger partial charge on any atom is 0.325 e. The van der Waals surface area contributed by atoms with Gasteiger partial charge in [0.15, 0.2) is 0 Å². The number of ether oxygens (including phenoxy) is 5. The lowest BCUT2D eigenvalue weighted by Gasteiger charge is -2.52. The lowest BCUT2D eigenvalue weighted by Crippen LogP contribution is -2.73. The van der Waals surface area contributed by atoms with Gasteiger partial charge < -0.3 is 33.9 Å². The van der Waals surface area contributed by atoms with Crippen molar-refractivity contribution in [3.63, 3.8) is 0 Å². The van der Waals surface area contributed by atoms with E-state index in [9.17, 15) is 19.0 Å². The molecule has 0 unspecified atom stereocenters. The molecular formula is C24H46F2O7. The van der Waals surface area contributed by atoms with Crippen molar-refractivity contribution in [3.8, 4) is 0 Å². The lowest BCUT2D eigenvalue weighted by molar-refractivity contribution is -0.425. The highest BCUT2D eigenvalue weighted by Crippen LogP contribution is 2.43. The van der Waals surface area contributed by atoms with Crippen LogP contribution in [-0.4, -0.2) is 86.0 Å². The minimum Gasteiger partial charge on any atom is -0.390 e. The highest BCUT2D eigenvalue weighted by Gasteiger charge is 2.67. The Morgan fingerprint density at radius 1 is 0.788 bits per heavy atom. The summed E-state index contributed by atoms with van der Waals surface area (Å²) in [7, 11) is 0. The van der Waals surface area contributed by atoms with Crippen LogP contribution in [-0.2, 0) is 23.7 Å². The number of aliphatic hydroxyl groups excluding tert-OH is 1. The van der Waals surface area contributed by atoms with Crippen molar-refractivity contribution in [1.29, 1.82) is 0 Å². The molecule has 0 aromatic carbocycles. The molecule has 0 aliphatic carbocycles. The van der Waals surface area contributed by atoms with Crippen LogP contribution in [0, 0.1) is 0 Å². The lowest BCUT2D eigenvalue weighted by atomic mass is 9.88. The van der Waals surface area contributed by atoms with Crippen LogP contribution in [0.4, 0.5) is 8.78 Å². The predicted octanol–water partition coefficient (Wildman–Crippen LogP) is 4.07. The Morgan fingerprint density at radius 3 is 1.79 bits per heavy atom. The monoisotopic (exact) mass is 484 g/mol. The minimum absolute atomic E-state index is 0.0457. The Labute approximate surface area is 198 Å². The molecule has 7 nitrogen and oxygen atoms in total. The van der Waals surface area contributed by atoms with E-state index in [0.717, 1.165) is 38.5 Å². The highest BCUT2D eigenvalue weighted by atomic mass is 19.3. The first-order valence-electron chi connectivity index (χ1n) is 12.6. The van der Waals surface area contributed by atoms with Gasteiger partial charge in [-0.05, 0) is 25.7 Å². The summed E-state index contributed by atoms with van der Waals surface area (Å²) in [4.78, 5) is 0. The topological polar surface area (TPSA) is 86.6 Å². The number of halogens is 2. The largest absolute Gasteiger partial charge is 0.390 e. The second-order valence-corrected chi connectivity index (χ2v) is 8.67. The molecule has 0 bridgehead atoms. The van der Waals surface area contributed by atoms with E-state index >= 15 is 0 Å². The van der Waals surface area contributed by atoms with E-state index in [2.05, 4.69) is 0 Å². The Kier molecular flexibility index (Phi) is 15.1. The predicted molar refractivity (Wildman–Crippen MR) is 122 cm³/mol. The zero-order valence-corrected chi connectivity index (χ0v) is 20.9. The van der Waals surface area contributed by atoms with Crippen LogP contribution in [0.25, 0.3) is 0 Å². The SMILES string of the molecule is CCCCOC[C@H]1O[C@@](O)(C(F)(F)CO)[C@H](OCCCC)[C@@H](OCCCC)[C@H]1OCCCC. The van der Waals surface area contributed by atoms with Gasteiger partial charge in [-0.3, -0.25) is 0 Å². The normalized spacial score (nSPS) is 28.4. The molecule has 0 aromatic heterocycles. The van der Waals surface area contributed by atoms with Crippen molar-refractivity contribution in [3.05, 3.63) is 0 Å². The minimum atomic E-state index is -3.98. The summed E-state index contributed by atoms with van der Waals surface area (Å²) in [6, 6.07) is 0. The molecule has 1 fully saturated rings. The molecule has 0 radical (unpaired) electrons. The zero-order valence-electron chi connectivity index (χ0n) is 20.9. The highest BCUT2D eigenvalue weighted by molar-refractivity contribution is 5.05. The Morgan fingerprint density at radius 2 is 1.27 bits per heavy atom. The zero-order chi connectivity index (χ0) is 24.7. The van der Waals surface area contributed by atoms with Crippen LogP contribution in [0.5, 0.6) is 0 Å². The number of rotatable bonds is 19. The molecule has 0 saturated carbocycles. The third-order valence-electron chi connectivity index (χ3n) is 5.76. The molecule has 0 aromatic rings. The third-order valence-corrected chi connectivity index (χ3v) is 5.76. The molecule has 33 heavy (non-hydrogen) atoms. The van der Waals surface area contributed by atoms with Gasteiger partial charge in [0, 0.05) is 26.4 Å². The first-order chi connectivity index (χ1) is 15.8. The van der Waals surface area contributed by atoms with Gasteiger partial charge >= 0.3 is 5.92 Å². The maximum absolute atomic E-state index is 15.0. The second-order valence-electron chi connectivity index (χ2n) is 8.67. The summed E-state index contributed by atoms with van der Waals surface area (Å²) in [6.07, 6.45) is 2.04. The third kappa shape index (κ3) is 8.94. The van der Waals surface area contributed by atoms with Gasteiger partial charge in [-0.2, -0.15) is 8.78 Å². The van der Waals surface area contributed by atoms with Crippen molar-refractivity contribution in [1.82, 2.24) is 0 Å². The van der Waals surface area contributed by atoms with Gasteiger partial charge in [0.1, 0.15) is 31.0 Å². The Hall–Kier alpha value is -0.420. The van der Waals surface area contributed by atoms with E-state index in [1.54, 1.807) is 0 Å². The molecule has 5 atom stereocenters. The summed E-state index contributed by atoms with van der Waals surface area (Å²) < 4.78 is 59.1. The van der Waals surface area contributed by atoms with E-state index in [0.29, 0.717) is 32.7 Å². The summed E-state index contributed by atoms with van der Waals surface area (Å²) in [5.74, 6) is -7.07. The first-order valence-corrected chi connectivity index (χ1v) is 12.6. The Bertz CT molecular complexity index is 497. The summed E-state index contributed by atoms with van der Waals surface area (Å²) in [6.45, 7) is 7.62. The van der Waals surface area contributed by atoms with Crippen LogP contribution in [0.1, 0.15) is 79.1 Å². The molecule has 9 heteroatoms. The molecular weight excluding hydrogens is 438 g/mol. The van der Waals surface area contributed by atoms with Gasteiger partial charge in [0.25, 0.3) is 5.79 Å². The summed E-state index contributed by atoms with van der Waals surface area (Å²) in [5, 5.41) is 20.6. The smallest absolute Gasteiger partial charge is 0.325 e. The number of hydrogen-bond acceptors (Lipinski definition) is 7. The summed E-state index contributed by atoms with van der Waals surface area (Å²) >= 11 is 0. The molecule has 2 N–H and O–H groups in total. The van der Waals surface area contributed by atoms with Gasteiger partial charge in [-0.1, -0.05) is 53.4 Å². The van der Waals surface area contributed by atoms with Gasteiger partial charge in [0.2, 0.25) is 0 Å². The van der Waals surface area contributed by atoms with Gasteiger partial charge in [-0.15, -0.1) is 0 Å². The standard InChI is InChI=1S/C24H46F2O7/c1-5-9-13-29-17-19-20(30-14-10-6-2)21(31-15-11-7-3)22(32-16-12-8-4)24(28,33-19)23(25,26)18-27/h19-22,27-28H,5-18H2,1-4H3/t19-,20+,21+,22-,24-/m1/s1. The fourth-order valence-electron chi connectivity index (χ4n) is 3.63. The van der Waals surface area contributed by atoms with E-state index in [1.165, 1.54) is 0 Å². The van der Waals surface area contributed by atoms with Crippen molar-refractivity contribution in [2.75, 3.05) is 39.6 Å². The van der Waals surface area contributed by atoms with Crippen molar-refractivity contribution in [2.24, 2.45) is 0 Å². The van der Waals surface area contributed by atoms with Gasteiger partial charge in [0.05, 0.1) is 6.61 Å². The molecule has 0 amide bonds. The quantitative estimate of drug-likeness (QED) is 0.267. The van der Waals surface area contributed by atoms with Crippen LogP contribution in [0.3, 0.4) is 0 Å². The average Bonchev–Trinajstić information content (AvgIpc) is 2.80. The fourth-order valence-corrected chi connectivity index (χ4v) is 3.63. The molecule has 0 spiro atoms. The van der Waals surface area contributed by atoms with Crippen molar-refractivity contribution >= 4 is 0 Å². The molecule has 1 rings (SSSR count). The van der Waals surface area contributed by atoms with E-state index in [4.69, 9.17) is 23.7 Å². The van der Waals surface area contributed by atoms with Crippen molar-refractivity contribution < 1.29 is 42.7 Å². The maximum atomic E-state index is 15.0. The van der Waals surface area contributed by atoms with E-state index in [-0.39, 0.29) is 13.2 Å². The van der Waals surface area contributed by atoms with Gasteiger partial charge in [-0.25, -0.2) is 0 Å². The molecule has 1 aliphatic rings. The average molecular weight is 485 g/mol. The van der Waals surface area contributed by atoms with Crippen LogP contribution in [0.15, 0.2) is 0 Å². The van der Waals surface area contributed by atoms with Crippen LogP contribution in [0.2, 0.25) is 0 Å². The number of alkyl halides is 2. The summed E-state index contributed by atoms with van der Waals surface area (Å²) in [5.41, 5.74) is 0. The van der Waals surface area contributed by atoms with Crippen LogP contribution >= 0.6 is 0 Å². The molecule has 1 heterocycles. The van der Waals surface area contributed by atoms with E-state index in [1.807, 2.05) is 27.7 Å². The fraction of sp³-hybridized carbons (Fsp3) is 1.00. The Balaban J connectivity index is 3.31. The molecule has 1 saturated heterocycles. The number of unbranched alkanes of at least 4 members (excludes halogenated alkanes) is 4. The van der Waals surface area contributed by atoms with E-state index < -0.39 is 42.7 Å². The number of hydrogen-bond donors (Lipinski definition) is 2. The second kappa shape index (κ2) is 16.3. The number of aliphatic hydroxyl groups is 2.